The fourth-order valence-corrected chi connectivity index (χ4v) is 3.57. The van der Waals surface area contributed by atoms with Gasteiger partial charge in [0.1, 0.15) is 17.3 Å². The predicted molar refractivity (Wildman–Crippen MR) is 122 cm³/mol. The molecule has 0 aromatic heterocycles. The molecule has 0 bridgehead atoms. The first-order chi connectivity index (χ1) is 15.7. The molecular formula is C24H27N3O6. The number of primary amides is 1. The van der Waals surface area contributed by atoms with Gasteiger partial charge in [-0.1, -0.05) is 12.1 Å². The highest BCUT2D eigenvalue weighted by Crippen LogP contribution is 2.39. The molecule has 1 aliphatic heterocycles. The van der Waals surface area contributed by atoms with E-state index in [0.717, 1.165) is 0 Å². The summed E-state index contributed by atoms with van der Waals surface area (Å²) in [4.78, 5) is 40.2. The Morgan fingerprint density at radius 1 is 1.06 bits per heavy atom. The standard InChI is InChI=1S/C24H27N3O6/c1-26(2)12-13-27-21(15-4-10-18(11-5-15)33-14-19(25)28)20(23(30)24(27)31)22(29)16-6-8-17(32-3)9-7-16/h4-11,21,29H,12-14H2,1-3H3,(H2,25,28). The fraction of sp³-hybridized carbons (Fsp3) is 0.292. The third-order valence-electron chi connectivity index (χ3n) is 5.27. The minimum absolute atomic E-state index is 0.00901. The van der Waals surface area contributed by atoms with Gasteiger partial charge < -0.3 is 30.1 Å². The normalized spacial score (nSPS) is 17.5. The second-order valence-electron chi connectivity index (χ2n) is 7.85. The van der Waals surface area contributed by atoms with Crippen molar-refractivity contribution >= 4 is 23.4 Å². The van der Waals surface area contributed by atoms with Gasteiger partial charge in [-0.25, -0.2) is 0 Å². The Kier molecular flexibility index (Phi) is 7.34. The molecule has 0 spiro atoms. The van der Waals surface area contributed by atoms with E-state index in [4.69, 9.17) is 15.2 Å². The zero-order valence-electron chi connectivity index (χ0n) is 18.8. The van der Waals surface area contributed by atoms with Gasteiger partial charge in [-0.3, -0.25) is 14.4 Å². The number of rotatable bonds is 9. The second kappa shape index (κ2) is 10.2. The first kappa shape index (κ1) is 23.8. The first-order valence-corrected chi connectivity index (χ1v) is 10.3. The molecule has 1 unspecified atom stereocenters. The van der Waals surface area contributed by atoms with Gasteiger partial charge in [-0.2, -0.15) is 0 Å². The predicted octanol–water partition coefficient (Wildman–Crippen LogP) is 1.54. The minimum Gasteiger partial charge on any atom is -0.507 e. The quantitative estimate of drug-likeness (QED) is 0.335. The van der Waals surface area contributed by atoms with Crippen molar-refractivity contribution in [1.82, 2.24) is 9.80 Å². The maximum absolute atomic E-state index is 13.0. The maximum Gasteiger partial charge on any atom is 0.295 e. The zero-order valence-corrected chi connectivity index (χ0v) is 18.8. The lowest BCUT2D eigenvalue weighted by Crippen LogP contribution is -2.35. The van der Waals surface area contributed by atoms with Crippen molar-refractivity contribution in [3.8, 4) is 11.5 Å². The van der Waals surface area contributed by atoms with E-state index in [2.05, 4.69) is 0 Å². The number of benzene rings is 2. The van der Waals surface area contributed by atoms with Crippen molar-refractivity contribution in [1.29, 1.82) is 0 Å². The van der Waals surface area contributed by atoms with Gasteiger partial charge in [0.2, 0.25) is 0 Å². The Balaban J connectivity index is 2.04. The van der Waals surface area contributed by atoms with E-state index < -0.39 is 23.6 Å². The Morgan fingerprint density at radius 3 is 2.21 bits per heavy atom. The molecule has 174 valence electrons. The van der Waals surface area contributed by atoms with Crippen molar-refractivity contribution in [3.63, 3.8) is 0 Å². The number of likely N-dealkylation sites (tertiary alicyclic amines) is 1. The van der Waals surface area contributed by atoms with Crippen molar-refractivity contribution in [3.05, 3.63) is 65.2 Å². The average Bonchev–Trinajstić information content (AvgIpc) is 3.06. The van der Waals surface area contributed by atoms with Crippen LogP contribution in [0.4, 0.5) is 0 Å². The molecule has 33 heavy (non-hydrogen) atoms. The smallest absolute Gasteiger partial charge is 0.295 e. The maximum atomic E-state index is 13.0. The summed E-state index contributed by atoms with van der Waals surface area (Å²) in [5.74, 6) is -1.27. The highest BCUT2D eigenvalue weighted by molar-refractivity contribution is 6.46. The molecule has 9 nitrogen and oxygen atoms in total. The minimum atomic E-state index is -0.780. The van der Waals surface area contributed by atoms with E-state index in [1.807, 2.05) is 19.0 Å². The van der Waals surface area contributed by atoms with Gasteiger partial charge in [0.25, 0.3) is 17.6 Å². The third kappa shape index (κ3) is 5.32. The number of hydrogen-bond donors (Lipinski definition) is 2. The number of amides is 2. The Labute approximate surface area is 192 Å². The molecule has 1 heterocycles. The Bertz CT molecular complexity index is 1060. The van der Waals surface area contributed by atoms with Crippen molar-refractivity contribution in [2.45, 2.75) is 6.04 Å². The molecule has 0 radical (unpaired) electrons. The van der Waals surface area contributed by atoms with Crippen LogP contribution >= 0.6 is 0 Å². The van der Waals surface area contributed by atoms with E-state index in [1.165, 1.54) is 12.0 Å². The SMILES string of the molecule is COc1ccc(C(O)=C2C(=O)C(=O)N(CCN(C)C)C2c2ccc(OCC(N)=O)cc2)cc1. The number of carbonyl (C=O) groups is 3. The van der Waals surface area contributed by atoms with E-state index in [0.29, 0.717) is 35.7 Å². The van der Waals surface area contributed by atoms with Gasteiger partial charge in [-0.15, -0.1) is 0 Å². The topological polar surface area (TPSA) is 122 Å². The molecule has 1 atom stereocenters. The van der Waals surface area contributed by atoms with Crippen LogP contribution < -0.4 is 15.2 Å². The Hall–Kier alpha value is -3.85. The lowest BCUT2D eigenvalue weighted by molar-refractivity contribution is -0.140. The van der Waals surface area contributed by atoms with Gasteiger partial charge in [-0.05, 0) is 56.1 Å². The molecule has 9 heteroatoms. The summed E-state index contributed by atoms with van der Waals surface area (Å²) in [6.45, 7) is 0.561. The summed E-state index contributed by atoms with van der Waals surface area (Å²) < 4.78 is 10.4. The molecule has 2 amide bonds. The number of aliphatic hydroxyl groups excluding tert-OH is 1. The van der Waals surface area contributed by atoms with Crippen LogP contribution in [-0.4, -0.2) is 73.4 Å². The van der Waals surface area contributed by atoms with Gasteiger partial charge in [0.05, 0.1) is 18.7 Å². The summed E-state index contributed by atoms with van der Waals surface area (Å²) in [7, 11) is 5.27. The lowest BCUT2D eigenvalue weighted by Gasteiger charge is -2.26. The number of Topliss-reactive ketones (excluding diaryl/α,β-unsaturated/α-hetero) is 1. The van der Waals surface area contributed by atoms with Crippen LogP contribution in [0, 0.1) is 0 Å². The van der Waals surface area contributed by atoms with Gasteiger partial charge >= 0.3 is 0 Å². The van der Waals surface area contributed by atoms with Crippen LogP contribution in [0.3, 0.4) is 0 Å². The van der Waals surface area contributed by atoms with Crippen LogP contribution in [0.2, 0.25) is 0 Å². The number of ether oxygens (including phenoxy) is 2. The number of methoxy groups -OCH3 is 1. The fourth-order valence-electron chi connectivity index (χ4n) is 3.57. The number of ketones is 1. The van der Waals surface area contributed by atoms with Crippen LogP contribution in [0.1, 0.15) is 17.2 Å². The highest BCUT2D eigenvalue weighted by Gasteiger charge is 2.45. The summed E-state index contributed by atoms with van der Waals surface area (Å²) in [5, 5.41) is 11.1. The molecule has 1 aliphatic rings. The third-order valence-corrected chi connectivity index (χ3v) is 5.27. The summed E-state index contributed by atoms with van der Waals surface area (Å²) in [5.41, 5.74) is 6.13. The van der Waals surface area contributed by atoms with E-state index in [1.54, 1.807) is 48.5 Å². The van der Waals surface area contributed by atoms with Crippen molar-refractivity contribution in [2.24, 2.45) is 5.73 Å². The first-order valence-electron chi connectivity index (χ1n) is 10.3. The highest BCUT2D eigenvalue weighted by atomic mass is 16.5. The molecule has 0 aliphatic carbocycles. The largest absolute Gasteiger partial charge is 0.507 e. The van der Waals surface area contributed by atoms with Gasteiger partial charge in [0, 0.05) is 18.7 Å². The number of hydrogen-bond acceptors (Lipinski definition) is 7. The van der Waals surface area contributed by atoms with Crippen LogP contribution in [0.15, 0.2) is 54.1 Å². The van der Waals surface area contributed by atoms with Crippen LogP contribution in [0.5, 0.6) is 11.5 Å². The van der Waals surface area contributed by atoms with Crippen molar-refractivity contribution in [2.75, 3.05) is 40.9 Å². The number of nitrogens with two attached hydrogens (primary N) is 1. The molecule has 2 aromatic rings. The number of aliphatic hydroxyl groups is 1. The lowest BCUT2D eigenvalue weighted by atomic mass is 9.95. The molecule has 3 N–H and O–H groups in total. The molecule has 1 saturated heterocycles. The van der Waals surface area contributed by atoms with E-state index in [9.17, 15) is 19.5 Å². The average molecular weight is 453 g/mol. The van der Waals surface area contributed by atoms with Crippen LogP contribution in [-0.2, 0) is 14.4 Å². The summed E-state index contributed by atoms with van der Waals surface area (Å²) >= 11 is 0. The second-order valence-corrected chi connectivity index (χ2v) is 7.85. The molecule has 0 saturated carbocycles. The number of likely N-dealkylation sites (N-methyl/N-ethyl adjacent to an activating group) is 1. The molecule has 1 fully saturated rings. The summed E-state index contributed by atoms with van der Waals surface area (Å²) in [6.07, 6.45) is 0. The zero-order chi connectivity index (χ0) is 24.1. The number of carbonyl (C=O) groups excluding carboxylic acids is 3. The van der Waals surface area contributed by atoms with E-state index >= 15 is 0 Å². The monoisotopic (exact) mass is 453 g/mol. The molecule has 2 aromatic carbocycles. The molecular weight excluding hydrogens is 426 g/mol. The van der Waals surface area contributed by atoms with Crippen molar-refractivity contribution < 1.29 is 29.0 Å². The molecule has 3 rings (SSSR count). The summed E-state index contributed by atoms with van der Waals surface area (Å²) in [6, 6.07) is 12.4. The van der Waals surface area contributed by atoms with Gasteiger partial charge in [0.15, 0.2) is 6.61 Å². The number of nitrogens with zero attached hydrogens (tertiary/aromatic N) is 2. The van der Waals surface area contributed by atoms with Crippen LogP contribution in [0.25, 0.3) is 5.76 Å². The Morgan fingerprint density at radius 2 is 1.67 bits per heavy atom. The van der Waals surface area contributed by atoms with E-state index in [-0.39, 0.29) is 17.9 Å².